The lowest BCUT2D eigenvalue weighted by Gasteiger charge is -2.14. The van der Waals surface area contributed by atoms with Crippen LogP contribution >= 0.6 is 0 Å². The van der Waals surface area contributed by atoms with Gasteiger partial charge < -0.3 is 24.4 Å². The van der Waals surface area contributed by atoms with E-state index in [4.69, 9.17) is 19.0 Å². The minimum absolute atomic E-state index is 0.171. The highest BCUT2D eigenvalue weighted by Crippen LogP contribution is 2.29. The van der Waals surface area contributed by atoms with Crippen LogP contribution in [0, 0.1) is 0 Å². The summed E-state index contributed by atoms with van der Waals surface area (Å²) in [6.07, 6.45) is 1.53. The normalized spacial score (nSPS) is 10.7. The summed E-state index contributed by atoms with van der Waals surface area (Å²) in [6.45, 7) is 1.53. The Kier molecular flexibility index (Phi) is 9.78. The van der Waals surface area contributed by atoms with Gasteiger partial charge in [0.2, 0.25) is 0 Å². The Balaban J connectivity index is 1.62. The number of oxime groups is 1. The van der Waals surface area contributed by atoms with Gasteiger partial charge in [0.15, 0.2) is 18.1 Å². The first-order chi connectivity index (χ1) is 16.2. The number of hydrogen-bond donors (Lipinski definition) is 1. The van der Waals surface area contributed by atoms with E-state index >= 15 is 0 Å². The maximum Gasteiger partial charge on any atom is 0.260 e. The molecule has 3 aromatic rings. The second-order valence-electron chi connectivity index (χ2n) is 7.11. The van der Waals surface area contributed by atoms with Crippen molar-refractivity contribution < 1.29 is 23.8 Å². The van der Waals surface area contributed by atoms with Gasteiger partial charge in [-0.15, -0.1) is 0 Å². The van der Waals surface area contributed by atoms with Crippen LogP contribution in [0.25, 0.3) is 0 Å². The molecule has 0 unspecified atom stereocenters. The molecule has 0 heterocycles. The Labute approximate surface area is 193 Å². The summed E-state index contributed by atoms with van der Waals surface area (Å²) in [5, 5.41) is 6.54. The first-order valence-electron chi connectivity index (χ1n) is 10.6. The molecule has 1 amide bonds. The Bertz CT molecular complexity index is 1010. The standard InChI is InChI=1S/C26H28N2O5/c1-30-15-14-27-26(29)20-33-28-17-23-12-13-24(31-18-21-8-4-2-5-9-21)25(16-23)32-19-22-10-6-3-7-11-22/h2-13,16-17H,14-15,18-20H2,1H3,(H,27,29)/b28-17+. The van der Waals surface area contributed by atoms with E-state index in [1.54, 1.807) is 7.11 Å². The minimum atomic E-state index is -0.263. The summed E-state index contributed by atoms with van der Waals surface area (Å²) in [6, 6.07) is 25.4. The fourth-order valence-electron chi connectivity index (χ4n) is 2.85. The first kappa shape index (κ1) is 23.8. The van der Waals surface area contributed by atoms with Crippen LogP contribution in [-0.4, -0.2) is 39.0 Å². The highest BCUT2D eigenvalue weighted by Gasteiger charge is 2.08. The molecule has 0 bridgehead atoms. The predicted octanol–water partition coefficient (Wildman–Crippen LogP) is 3.96. The molecule has 33 heavy (non-hydrogen) atoms. The molecule has 0 fully saturated rings. The Morgan fingerprint density at radius 1 is 0.879 bits per heavy atom. The summed E-state index contributed by atoms with van der Waals surface area (Å²) in [4.78, 5) is 16.7. The van der Waals surface area contributed by atoms with Crippen molar-refractivity contribution in [2.75, 3.05) is 26.9 Å². The molecule has 1 N–H and O–H groups in total. The van der Waals surface area contributed by atoms with Crippen LogP contribution < -0.4 is 14.8 Å². The van der Waals surface area contributed by atoms with Crippen LogP contribution in [0.3, 0.4) is 0 Å². The van der Waals surface area contributed by atoms with Crippen LogP contribution in [0.1, 0.15) is 16.7 Å². The molecule has 0 aliphatic rings. The van der Waals surface area contributed by atoms with Gasteiger partial charge in [0.1, 0.15) is 13.2 Å². The molecular weight excluding hydrogens is 420 g/mol. The van der Waals surface area contributed by atoms with Crippen molar-refractivity contribution in [3.63, 3.8) is 0 Å². The van der Waals surface area contributed by atoms with E-state index in [-0.39, 0.29) is 12.5 Å². The second-order valence-corrected chi connectivity index (χ2v) is 7.11. The van der Waals surface area contributed by atoms with E-state index in [1.165, 1.54) is 6.21 Å². The van der Waals surface area contributed by atoms with Crippen LogP contribution in [0.15, 0.2) is 84.0 Å². The SMILES string of the molecule is COCCNC(=O)CO/N=C/c1ccc(OCc2ccccc2)c(OCc2ccccc2)c1. The van der Waals surface area contributed by atoms with Crippen molar-refractivity contribution in [1.29, 1.82) is 0 Å². The maximum absolute atomic E-state index is 11.6. The lowest BCUT2D eigenvalue weighted by Crippen LogP contribution is -2.29. The maximum atomic E-state index is 11.6. The van der Waals surface area contributed by atoms with E-state index in [2.05, 4.69) is 10.5 Å². The molecule has 3 rings (SSSR count). The molecule has 172 valence electrons. The molecule has 0 saturated heterocycles. The molecule has 0 aliphatic carbocycles. The van der Waals surface area contributed by atoms with Gasteiger partial charge >= 0.3 is 0 Å². The molecule has 0 aromatic heterocycles. The van der Waals surface area contributed by atoms with E-state index in [1.807, 2.05) is 78.9 Å². The van der Waals surface area contributed by atoms with Crippen molar-refractivity contribution in [1.82, 2.24) is 5.32 Å². The lowest BCUT2D eigenvalue weighted by molar-refractivity contribution is -0.125. The average molecular weight is 449 g/mol. The van der Waals surface area contributed by atoms with Gasteiger partial charge in [-0.3, -0.25) is 4.79 Å². The third-order valence-electron chi connectivity index (χ3n) is 4.54. The number of ether oxygens (including phenoxy) is 3. The highest BCUT2D eigenvalue weighted by molar-refractivity contribution is 5.81. The van der Waals surface area contributed by atoms with Crippen molar-refractivity contribution in [3.05, 3.63) is 95.6 Å². The van der Waals surface area contributed by atoms with Crippen LogP contribution in [0.2, 0.25) is 0 Å². The quantitative estimate of drug-likeness (QED) is 0.243. The van der Waals surface area contributed by atoms with Crippen molar-refractivity contribution >= 4 is 12.1 Å². The van der Waals surface area contributed by atoms with Crippen LogP contribution in [-0.2, 0) is 27.6 Å². The van der Waals surface area contributed by atoms with Crippen molar-refractivity contribution in [3.8, 4) is 11.5 Å². The zero-order valence-electron chi connectivity index (χ0n) is 18.6. The van der Waals surface area contributed by atoms with Gasteiger partial charge in [0, 0.05) is 19.2 Å². The Morgan fingerprint density at radius 2 is 1.52 bits per heavy atom. The molecule has 3 aromatic carbocycles. The van der Waals surface area contributed by atoms with Gasteiger partial charge in [-0.2, -0.15) is 0 Å². The predicted molar refractivity (Wildman–Crippen MR) is 126 cm³/mol. The zero-order valence-corrected chi connectivity index (χ0v) is 18.6. The number of nitrogens with one attached hydrogen (secondary N) is 1. The number of methoxy groups -OCH3 is 1. The molecule has 7 heteroatoms. The van der Waals surface area contributed by atoms with Crippen molar-refractivity contribution in [2.45, 2.75) is 13.2 Å². The molecule has 0 radical (unpaired) electrons. The monoisotopic (exact) mass is 448 g/mol. The van der Waals surface area contributed by atoms with Gasteiger partial charge in [0.05, 0.1) is 12.8 Å². The van der Waals surface area contributed by atoms with Gasteiger partial charge in [0.25, 0.3) is 5.91 Å². The van der Waals surface area contributed by atoms with E-state index in [0.717, 1.165) is 16.7 Å². The minimum Gasteiger partial charge on any atom is -0.485 e. The molecule has 0 saturated carbocycles. The second kappa shape index (κ2) is 13.5. The topological polar surface area (TPSA) is 78.4 Å². The Hall–Kier alpha value is -3.84. The van der Waals surface area contributed by atoms with Gasteiger partial charge in [-0.05, 0) is 29.3 Å². The third kappa shape index (κ3) is 8.66. The zero-order chi connectivity index (χ0) is 23.1. The fourth-order valence-corrected chi connectivity index (χ4v) is 2.85. The van der Waals surface area contributed by atoms with Gasteiger partial charge in [-0.1, -0.05) is 65.8 Å². The molecule has 0 aliphatic heterocycles. The Morgan fingerprint density at radius 3 is 2.15 bits per heavy atom. The van der Waals surface area contributed by atoms with Crippen molar-refractivity contribution in [2.24, 2.45) is 5.16 Å². The number of rotatable bonds is 13. The largest absolute Gasteiger partial charge is 0.485 e. The third-order valence-corrected chi connectivity index (χ3v) is 4.54. The molecule has 0 spiro atoms. The number of amides is 1. The van der Waals surface area contributed by atoms with E-state index in [0.29, 0.717) is 37.9 Å². The number of hydrogen-bond acceptors (Lipinski definition) is 6. The average Bonchev–Trinajstić information content (AvgIpc) is 2.86. The summed E-state index contributed by atoms with van der Waals surface area (Å²) < 4.78 is 16.9. The number of carbonyl (C=O) groups excluding carboxylic acids is 1. The number of nitrogens with zero attached hydrogens (tertiary/aromatic N) is 1. The van der Waals surface area contributed by atoms with Crippen LogP contribution in [0.4, 0.5) is 0 Å². The summed E-state index contributed by atoms with van der Waals surface area (Å²) in [7, 11) is 1.57. The van der Waals surface area contributed by atoms with E-state index in [9.17, 15) is 4.79 Å². The summed E-state index contributed by atoms with van der Waals surface area (Å²) in [5.41, 5.74) is 2.87. The van der Waals surface area contributed by atoms with Gasteiger partial charge in [-0.25, -0.2) is 0 Å². The fraction of sp³-hybridized carbons (Fsp3) is 0.231. The number of carbonyl (C=O) groups is 1. The number of benzene rings is 3. The highest BCUT2D eigenvalue weighted by atomic mass is 16.6. The van der Waals surface area contributed by atoms with Crippen LogP contribution in [0.5, 0.6) is 11.5 Å². The first-order valence-corrected chi connectivity index (χ1v) is 10.6. The smallest absolute Gasteiger partial charge is 0.260 e. The lowest BCUT2D eigenvalue weighted by atomic mass is 10.2. The molecule has 0 atom stereocenters. The molecule has 7 nitrogen and oxygen atoms in total. The van der Waals surface area contributed by atoms with E-state index < -0.39 is 0 Å². The summed E-state index contributed by atoms with van der Waals surface area (Å²) in [5.74, 6) is 0.960. The molecular formula is C26H28N2O5. The summed E-state index contributed by atoms with van der Waals surface area (Å²) >= 11 is 0.